The Bertz CT molecular complexity index is 1010. The van der Waals surface area contributed by atoms with Crippen LogP contribution in [0.4, 0.5) is 5.13 Å². The molecule has 1 unspecified atom stereocenters. The minimum atomic E-state index is -0.0140. The smallest absolute Gasteiger partial charge is 0.260 e. The minimum Gasteiger partial charge on any atom is -0.376 e. The standard InChI is InChI=1S/C22H24N2O2S2/c1-14-10-15(2)20-19(11-14)28-22(23-20)24(13-17-7-5-9-26-17)21(25)16-6-4-8-18(12-16)27-3/h4,6,8,10-12,17H,5,7,9,13H2,1-3H3. The predicted octanol–water partition coefficient (Wildman–Crippen LogP) is 5.46. The lowest BCUT2D eigenvalue weighted by Crippen LogP contribution is -2.37. The summed E-state index contributed by atoms with van der Waals surface area (Å²) in [6.45, 7) is 5.48. The number of rotatable bonds is 5. The third-order valence-electron chi connectivity index (χ3n) is 5.02. The quantitative estimate of drug-likeness (QED) is 0.522. The van der Waals surface area contributed by atoms with Gasteiger partial charge in [-0.05, 0) is 68.3 Å². The molecule has 0 radical (unpaired) electrons. The van der Waals surface area contributed by atoms with E-state index in [1.807, 2.05) is 35.4 Å². The van der Waals surface area contributed by atoms with Gasteiger partial charge in [0.05, 0.1) is 22.9 Å². The number of hydrogen-bond donors (Lipinski definition) is 0. The third kappa shape index (κ3) is 3.95. The van der Waals surface area contributed by atoms with Gasteiger partial charge in [0.1, 0.15) is 0 Å². The van der Waals surface area contributed by atoms with Crippen molar-refractivity contribution in [2.24, 2.45) is 0 Å². The average molecular weight is 413 g/mol. The van der Waals surface area contributed by atoms with Gasteiger partial charge in [0.15, 0.2) is 5.13 Å². The molecule has 1 amide bonds. The molecule has 0 bridgehead atoms. The van der Waals surface area contributed by atoms with Crippen LogP contribution < -0.4 is 4.90 Å². The van der Waals surface area contributed by atoms with Crippen LogP contribution in [-0.4, -0.2) is 36.4 Å². The van der Waals surface area contributed by atoms with Crippen molar-refractivity contribution in [3.8, 4) is 0 Å². The van der Waals surface area contributed by atoms with E-state index in [2.05, 4.69) is 26.0 Å². The zero-order valence-corrected chi connectivity index (χ0v) is 18.0. The highest BCUT2D eigenvalue weighted by Crippen LogP contribution is 2.33. The van der Waals surface area contributed by atoms with Crippen LogP contribution in [0, 0.1) is 13.8 Å². The van der Waals surface area contributed by atoms with Crippen LogP contribution in [0.1, 0.15) is 34.3 Å². The Kier molecular flexibility index (Phi) is 5.71. The molecule has 1 aliphatic heterocycles. The first-order valence-electron chi connectivity index (χ1n) is 9.50. The van der Waals surface area contributed by atoms with Gasteiger partial charge >= 0.3 is 0 Å². The number of thiazole rings is 1. The monoisotopic (exact) mass is 412 g/mol. The molecule has 28 heavy (non-hydrogen) atoms. The molecule has 1 aliphatic rings. The Balaban J connectivity index is 1.74. The molecule has 0 saturated carbocycles. The first kappa shape index (κ1) is 19.4. The third-order valence-corrected chi connectivity index (χ3v) is 6.77. The lowest BCUT2D eigenvalue weighted by Gasteiger charge is -2.23. The normalized spacial score (nSPS) is 16.6. The molecular weight excluding hydrogens is 388 g/mol. The molecule has 1 saturated heterocycles. The van der Waals surface area contributed by atoms with Gasteiger partial charge in [-0.3, -0.25) is 9.69 Å². The van der Waals surface area contributed by atoms with Crippen molar-refractivity contribution in [1.82, 2.24) is 4.98 Å². The second kappa shape index (κ2) is 8.23. The lowest BCUT2D eigenvalue weighted by atomic mass is 10.1. The number of nitrogens with zero attached hydrogens (tertiary/aromatic N) is 2. The van der Waals surface area contributed by atoms with Crippen molar-refractivity contribution < 1.29 is 9.53 Å². The molecule has 0 spiro atoms. The maximum Gasteiger partial charge on any atom is 0.260 e. The van der Waals surface area contributed by atoms with E-state index >= 15 is 0 Å². The van der Waals surface area contributed by atoms with Crippen LogP contribution in [0.2, 0.25) is 0 Å². The van der Waals surface area contributed by atoms with Crippen molar-refractivity contribution in [3.63, 3.8) is 0 Å². The highest BCUT2D eigenvalue weighted by Gasteiger charge is 2.27. The fourth-order valence-corrected chi connectivity index (χ4v) is 5.23. The van der Waals surface area contributed by atoms with Gasteiger partial charge in [0.25, 0.3) is 5.91 Å². The Morgan fingerprint density at radius 1 is 1.32 bits per heavy atom. The van der Waals surface area contributed by atoms with Gasteiger partial charge in [0, 0.05) is 17.1 Å². The first-order valence-corrected chi connectivity index (χ1v) is 11.5. The maximum atomic E-state index is 13.5. The summed E-state index contributed by atoms with van der Waals surface area (Å²) in [6, 6.07) is 12.1. The topological polar surface area (TPSA) is 42.4 Å². The van der Waals surface area contributed by atoms with Gasteiger partial charge in [0.2, 0.25) is 0 Å². The van der Waals surface area contributed by atoms with Gasteiger partial charge in [-0.25, -0.2) is 4.98 Å². The summed E-state index contributed by atoms with van der Waals surface area (Å²) in [5.41, 5.74) is 4.03. The van der Waals surface area contributed by atoms with Gasteiger partial charge in [-0.1, -0.05) is 23.5 Å². The van der Waals surface area contributed by atoms with Crippen molar-refractivity contribution in [3.05, 3.63) is 53.1 Å². The maximum absolute atomic E-state index is 13.5. The number of fused-ring (bicyclic) bond motifs is 1. The Hall–Kier alpha value is -1.89. The van der Waals surface area contributed by atoms with Crippen molar-refractivity contribution in [2.45, 2.75) is 37.7 Å². The molecule has 2 aromatic carbocycles. The number of ether oxygens (including phenoxy) is 1. The van der Waals surface area contributed by atoms with Gasteiger partial charge in [-0.2, -0.15) is 0 Å². The highest BCUT2D eigenvalue weighted by molar-refractivity contribution is 7.98. The molecule has 6 heteroatoms. The molecule has 1 atom stereocenters. The Morgan fingerprint density at radius 3 is 2.93 bits per heavy atom. The number of carbonyl (C=O) groups is 1. The number of benzene rings is 2. The molecule has 1 fully saturated rings. The molecule has 2 heterocycles. The zero-order chi connectivity index (χ0) is 19.7. The molecule has 4 rings (SSSR count). The van der Waals surface area contributed by atoms with E-state index < -0.39 is 0 Å². The van der Waals surface area contributed by atoms with E-state index in [1.165, 1.54) is 5.56 Å². The number of amides is 1. The number of hydrogen-bond acceptors (Lipinski definition) is 5. The summed E-state index contributed by atoms with van der Waals surface area (Å²) < 4.78 is 6.95. The highest BCUT2D eigenvalue weighted by atomic mass is 32.2. The minimum absolute atomic E-state index is 0.0140. The molecule has 0 aliphatic carbocycles. The summed E-state index contributed by atoms with van der Waals surface area (Å²) in [5, 5.41) is 0.749. The molecule has 4 nitrogen and oxygen atoms in total. The lowest BCUT2D eigenvalue weighted by molar-refractivity contribution is 0.0917. The van der Waals surface area contributed by atoms with E-state index in [-0.39, 0.29) is 12.0 Å². The van der Waals surface area contributed by atoms with E-state index in [0.29, 0.717) is 12.1 Å². The fourth-order valence-electron chi connectivity index (χ4n) is 3.63. The number of aromatic nitrogens is 1. The van der Waals surface area contributed by atoms with Crippen molar-refractivity contribution >= 4 is 44.4 Å². The van der Waals surface area contributed by atoms with Crippen LogP contribution in [0.15, 0.2) is 41.3 Å². The predicted molar refractivity (Wildman–Crippen MR) is 118 cm³/mol. The van der Waals surface area contributed by atoms with E-state index in [0.717, 1.165) is 45.3 Å². The van der Waals surface area contributed by atoms with E-state index in [1.54, 1.807) is 23.1 Å². The van der Waals surface area contributed by atoms with Crippen molar-refractivity contribution in [2.75, 3.05) is 24.3 Å². The molecule has 3 aromatic rings. The first-order chi connectivity index (χ1) is 13.5. The van der Waals surface area contributed by atoms with Crippen LogP contribution in [-0.2, 0) is 4.74 Å². The van der Waals surface area contributed by atoms with Crippen molar-refractivity contribution in [1.29, 1.82) is 0 Å². The number of aryl methyl sites for hydroxylation is 2. The van der Waals surface area contributed by atoms with Crippen LogP contribution >= 0.6 is 23.1 Å². The van der Waals surface area contributed by atoms with Gasteiger partial charge in [-0.15, -0.1) is 11.8 Å². The van der Waals surface area contributed by atoms with Gasteiger partial charge < -0.3 is 4.74 Å². The summed E-state index contributed by atoms with van der Waals surface area (Å²) in [6.07, 6.45) is 4.12. The second-order valence-electron chi connectivity index (χ2n) is 7.21. The zero-order valence-electron chi connectivity index (χ0n) is 16.4. The SMILES string of the molecule is CSc1cccc(C(=O)N(CC2CCCO2)c2nc3c(C)cc(C)cc3s2)c1. The number of carbonyl (C=O) groups excluding carboxylic acids is 1. The summed E-state index contributed by atoms with van der Waals surface area (Å²) in [5.74, 6) is -0.0140. The summed E-state index contributed by atoms with van der Waals surface area (Å²) in [7, 11) is 0. The summed E-state index contributed by atoms with van der Waals surface area (Å²) >= 11 is 3.22. The fraction of sp³-hybridized carbons (Fsp3) is 0.364. The van der Waals surface area contributed by atoms with E-state index in [4.69, 9.17) is 9.72 Å². The number of thioether (sulfide) groups is 1. The van der Waals surface area contributed by atoms with Crippen LogP contribution in [0.25, 0.3) is 10.2 Å². The second-order valence-corrected chi connectivity index (χ2v) is 9.10. The van der Waals surface area contributed by atoms with Crippen LogP contribution in [0.3, 0.4) is 0 Å². The Labute approximate surface area is 173 Å². The molecule has 146 valence electrons. The average Bonchev–Trinajstić information content (AvgIpc) is 3.35. The Morgan fingerprint density at radius 2 is 2.18 bits per heavy atom. The molecular formula is C22H24N2O2S2. The molecule has 1 aromatic heterocycles. The largest absolute Gasteiger partial charge is 0.376 e. The number of anilines is 1. The van der Waals surface area contributed by atoms with E-state index in [9.17, 15) is 4.79 Å². The molecule has 0 N–H and O–H groups in total. The van der Waals surface area contributed by atoms with Crippen LogP contribution in [0.5, 0.6) is 0 Å². The summed E-state index contributed by atoms with van der Waals surface area (Å²) in [4.78, 5) is 21.2.